The predicted octanol–water partition coefficient (Wildman–Crippen LogP) is 2.68. The number of nitrogen functional groups attached to an aromatic ring is 1. The van der Waals surface area contributed by atoms with E-state index < -0.39 is 11.5 Å². The van der Waals surface area contributed by atoms with Crippen LogP contribution in [0.5, 0.6) is 0 Å². The lowest BCUT2D eigenvalue weighted by atomic mass is 9.77. The minimum absolute atomic E-state index is 0.282. The van der Waals surface area contributed by atoms with Crippen LogP contribution in [0.2, 0.25) is 0 Å². The van der Waals surface area contributed by atoms with Gasteiger partial charge in [0.25, 0.3) is 0 Å². The third-order valence-corrected chi connectivity index (χ3v) is 3.78. The van der Waals surface area contributed by atoms with Gasteiger partial charge in [-0.25, -0.2) is 4.39 Å². The maximum Gasteiger partial charge on any atom is 0.123 e. The van der Waals surface area contributed by atoms with Gasteiger partial charge in [0.1, 0.15) is 5.82 Å². The molecule has 0 spiro atoms. The summed E-state index contributed by atoms with van der Waals surface area (Å²) in [7, 11) is 0. The number of nitrogens with zero attached hydrogens (tertiary/aromatic N) is 1. The average molecular weight is 274 g/mol. The minimum atomic E-state index is -0.639. The second-order valence-corrected chi connectivity index (χ2v) is 5.52. The van der Waals surface area contributed by atoms with Crippen LogP contribution in [0.4, 0.5) is 10.1 Å². The highest BCUT2D eigenvalue weighted by molar-refractivity contribution is 5.45. The number of pyridine rings is 1. The summed E-state index contributed by atoms with van der Waals surface area (Å²) in [5, 5.41) is 10.5. The highest BCUT2D eigenvalue weighted by atomic mass is 19.1. The maximum absolute atomic E-state index is 13.0. The molecule has 0 bridgehead atoms. The lowest BCUT2D eigenvalue weighted by molar-refractivity contribution is 0.100. The lowest BCUT2D eigenvalue weighted by Crippen LogP contribution is -2.35. The van der Waals surface area contributed by atoms with E-state index in [0.29, 0.717) is 12.1 Å². The van der Waals surface area contributed by atoms with E-state index in [1.54, 1.807) is 30.6 Å². The van der Waals surface area contributed by atoms with E-state index >= 15 is 0 Å². The van der Waals surface area contributed by atoms with E-state index in [0.717, 1.165) is 11.1 Å². The minimum Gasteiger partial charge on any atom is -0.398 e. The topological polar surface area (TPSA) is 59.1 Å². The van der Waals surface area contributed by atoms with Gasteiger partial charge in [0.15, 0.2) is 0 Å². The van der Waals surface area contributed by atoms with Crippen LogP contribution in [0.3, 0.4) is 0 Å². The van der Waals surface area contributed by atoms with Crippen LogP contribution in [0, 0.1) is 5.82 Å². The summed E-state index contributed by atoms with van der Waals surface area (Å²) >= 11 is 0. The Hall–Kier alpha value is -1.94. The Bertz CT molecular complexity index is 581. The molecule has 0 saturated carbocycles. The summed E-state index contributed by atoms with van der Waals surface area (Å²) < 4.78 is 13.0. The summed E-state index contributed by atoms with van der Waals surface area (Å²) in [6.45, 7) is 3.86. The fourth-order valence-electron chi connectivity index (χ4n) is 2.14. The second-order valence-electron chi connectivity index (χ2n) is 5.52. The summed E-state index contributed by atoms with van der Waals surface area (Å²) in [6, 6.07) is 7.92. The summed E-state index contributed by atoms with van der Waals surface area (Å²) in [5.41, 5.74) is 7.68. The van der Waals surface area contributed by atoms with Crippen molar-refractivity contribution < 1.29 is 9.50 Å². The highest BCUT2D eigenvalue weighted by Crippen LogP contribution is 2.30. The van der Waals surface area contributed by atoms with Crippen LogP contribution >= 0.6 is 0 Å². The SMILES string of the molecule is CC(C)(c1ccc(F)cc1)C(O)Cc1cnccc1N. The molecule has 1 unspecified atom stereocenters. The molecule has 0 amide bonds. The van der Waals surface area contributed by atoms with Crippen molar-refractivity contribution in [2.75, 3.05) is 5.73 Å². The van der Waals surface area contributed by atoms with Crippen molar-refractivity contribution in [3.05, 3.63) is 59.7 Å². The van der Waals surface area contributed by atoms with Gasteiger partial charge in [0.2, 0.25) is 0 Å². The molecule has 1 heterocycles. The van der Waals surface area contributed by atoms with E-state index in [2.05, 4.69) is 4.98 Å². The molecule has 1 aromatic heterocycles. The predicted molar refractivity (Wildman–Crippen MR) is 77.8 cm³/mol. The summed E-state index contributed by atoms with van der Waals surface area (Å²) in [4.78, 5) is 4.02. The third-order valence-electron chi connectivity index (χ3n) is 3.78. The molecule has 0 aliphatic carbocycles. The fraction of sp³-hybridized carbons (Fsp3) is 0.312. The number of rotatable bonds is 4. The molecule has 20 heavy (non-hydrogen) atoms. The van der Waals surface area contributed by atoms with Gasteiger partial charge in [-0.05, 0) is 29.3 Å². The normalized spacial score (nSPS) is 13.2. The van der Waals surface area contributed by atoms with Crippen molar-refractivity contribution in [1.82, 2.24) is 4.98 Å². The summed E-state index contributed by atoms with van der Waals surface area (Å²) in [5.74, 6) is -0.282. The molecule has 0 aliphatic heterocycles. The second kappa shape index (κ2) is 5.59. The van der Waals surface area contributed by atoms with Gasteiger partial charge in [-0.3, -0.25) is 4.98 Å². The smallest absolute Gasteiger partial charge is 0.123 e. The van der Waals surface area contributed by atoms with Crippen molar-refractivity contribution in [2.24, 2.45) is 0 Å². The molecule has 4 heteroatoms. The summed E-state index contributed by atoms with van der Waals surface area (Å²) in [6.07, 6.45) is 3.05. The molecule has 2 rings (SSSR count). The van der Waals surface area contributed by atoms with Crippen LogP contribution in [0.15, 0.2) is 42.7 Å². The van der Waals surface area contributed by atoms with Crippen LogP contribution < -0.4 is 5.73 Å². The van der Waals surface area contributed by atoms with Gasteiger partial charge in [-0.15, -0.1) is 0 Å². The average Bonchev–Trinajstić information content (AvgIpc) is 2.41. The molecule has 0 fully saturated rings. The van der Waals surface area contributed by atoms with Crippen molar-refractivity contribution >= 4 is 5.69 Å². The molecule has 0 aliphatic rings. The molecule has 2 aromatic rings. The van der Waals surface area contributed by atoms with Gasteiger partial charge < -0.3 is 10.8 Å². The number of aliphatic hydroxyl groups is 1. The van der Waals surface area contributed by atoms with Gasteiger partial charge in [-0.2, -0.15) is 0 Å². The van der Waals surface area contributed by atoms with Crippen LogP contribution in [0.1, 0.15) is 25.0 Å². The Balaban J connectivity index is 2.21. The van der Waals surface area contributed by atoms with Crippen molar-refractivity contribution in [3.8, 4) is 0 Å². The number of benzene rings is 1. The molecule has 0 radical (unpaired) electrons. The molecular formula is C16H19FN2O. The number of halogens is 1. The molecule has 3 N–H and O–H groups in total. The Morgan fingerprint density at radius 1 is 1.25 bits per heavy atom. The number of hydrogen-bond donors (Lipinski definition) is 2. The van der Waals surface area contributed by atoms with E-state index in [1.165, 1.54) is 12.1 Å². The third kappa shape index (κ3) is 2.96. The molecule has 106 valence electrons. The Morgan fingerprint density at radius 2 is 1.90 bits per heavy atom. The first-order valence-electron chi connectivity index (χ1n) is 6.53. The first-order chi connectivity index (χ1) is 9.41. The Kier molecular flexibility index (Phi) is 4.04. The molecule has 3 nitrogen and oxygen atoms in total. The number of aromatic nitrogens is 1. The molecule has 0 saturated heterocycles. The molecule has 1 atom stereocenters. The van der Waals surface area contributed by atoms with E-state index in [9.17, 15) is 9.50 Å². The van der Waals surface area contributed by atoms with Gasteiger partial charge >= 0.3 is 0 Å². The molecule has 1 aromatic carbocycles. The fourth-order valence-corrected chi connectivity index (χ4v) is 2.14. The number of hydrogen-bond acceptors (Lipinski definition) is 3. The van der Waals surface area contributed by atoms with Crippen molar-refractivity contribution in [1.29, 1.82) is 0 Å². The number of nitrogens with two attached hydrogens (primary N) is 1. The van der Waals surface area contributed by atoms with Crippen molar-refractivity contribution in [2.45, 2.75) is 31.8 Å². The van der Waals surface area contributed by atoms with Crippen LogP contribution in [-0.4, -0.2) is 16.2 Å². The number of aliphatic hydroxyl groups excluding tert-OH is 1. The Morgan fingerprint density at radius 3 is 2.50 bits per heavy atom. The zero-order valence-electron chi connectivity index (χ0n) is 11.7. The van der Waals surface area contributed by atoms with Crippen LogP contribution in [-0.2, 0) is 11.8 Å². The quantitative estimate of drug-likeness (QED) is 0.901. The van der Waals surface area contributed by atoms with E-state index in [4.69, 9.17) is 5.73 Å². The van der Waals surface area contributed by atoms with Crippen LogP contribution in [0.25, 0.3) is 0 Å². The van der Waals surface area contributed by atoms with Gasteiger partial charge in [0, 0.05) is 29.9 Å². The van der Waals surface area contributed by atoms with Crippen molar-refractivity contribution in [3.63, 3.8) is 0 Å². The zero-order chi connectivity index (χ0) is 14.8. The standard InChI is InChI=1S/C16H19FN2O/c1-16(2,12-3-5-13(17)6-4-12)15(20)9-11-10-19-8-7-14(11)18/h3-8,10,15,20H,9H2,1-2H3,(H2,18,19). The maximum atomic E-state index is 13.0. The molecular weight excluding hydrogens is 255 g/mol. The first-order valence-corrected chi connectivity index (χ1v) is 6.53. The highest BCUT2D eigenvalue weighted by Gasteiger charge is 2.30. The van der Waals surface area contributed by atoms with E-state index in [-0.39, 0.29) is 5.82 Å². The monoisotopic (exact) mass is 274 g/mol. The Labute approximate surface area is 118 Å². The van der Waals surface area contributed by atoms with E-state index in [1.807, 2.05) is 13.8 Å². The van der Waals surface area contributed by atoms with Gasteiger partial charge in [0.05, 0.1) is 6.10 Å². The number of anilines is 1. The lowest BCUT2D eigenvalue weighted by Gasteiger charge is -2.31. The first kappa shape index (κ1) is 14.5. The zero-order valence-corrected chi connectivity index (χ0v) is 11.7. The largest absolute Gasteiger partial charge is 0.398 e. The van der Waals surface area contributed by atoms with Gasteiger partial charge in [-0.1, -0.05) is 26.0 Å².